The van der Waals surface area contributed by atoms with Gasteiger partial charge in [0.15, 0.2) is 0 Å². The standard InChI is InChI=1S/C15H20N4O/c1-18-14(5-7-17-18)10-19-9-12(15(20)11-19)8-13-4-2-3-6-16-13/h2-7,12,15,20H,8-11H2,1H3/t12-,15-/m1/s1. The summed E-state index contributed by atoms with van der Waals surface area (Å²) in [5, 5.41) is 14.4. The van der Waals surface area contributed by atoms with E-state index in [1.807, 2.05) is 48.4 Å². The molecule has 2 atom stereocenters. The molecule has 1 saturated heterocycles. The zero-order chi connectivity index (χ0) is 13.9. The minimum atomic E-state index is -0.273. The third-order valence-corrected chi connectivity index (χ3v) is 3.99. The van der Waals surface area contributed by atoms with Crippen LogP contribution in [0.3, 0.4) is 0 Å². The zero-order valence-electron chi connectivity index (χ0n) is 11.7. The van der Waals surface area contributed by atoms with Crippen LogP contribution in [0.15, 0.2) is 36.7 Å². The Morgan fingerprint density at radius 3 is 2.85 bits per heavy atom. The smallest absolute Gasteiger partial charge is 0.0711 e. The van der Waals surface area contributed by atoms with Crippen LogP contribution in [0.25, 0.3) is 0 Å². The summed E-state index contributed by atoms with van der Waals surface area (Å²) in [6, 6.07) is 7.97. The van der Waals surface area contributed by atoms with Gasteiger partial charge in [0.2, 0.25) is 0 Å². The lowest BCUT2D eigenvalue weighted by Gasteiger charge is -2.15. The molecule has 2 aromatic heterocycles. The van der Waals surface area contributed by atoms with Crippen molar-refractivity contribution >= 4 is 0 Å². The number of β-amino-alcohol motifs (C(OH)–C–C–N with tert-alkyl or cyclic N) is 1. The van der Waals surface area contributed by atoms with Crippen LogP contribution < -0.4 is 0 Å². The number of likely N-dealkylation sites (tertiary alicyclic amines) is 1. The second-order valence-corrected chi connectivity index (χ2v) is 5.49. The molecule has 0 unspecified atom stereocenters. The first-order valence-electron chi connectivity index (χ1n) is 6.99. The summed E-state index contributed by atoms with van der Waals surface area (Å²) in [6.07, 6.45) is 4.19. The molecule has 1 fully saturated rings. The summed E-state index contributed by atoms with van der Waals surface area (Å²) in [4.78, 5) is 6.63. The van der Waals surface area contributed by atoms with E-state index in [9.17, 15) is 5.11 Å². The van der Waals surface area contributed by atoms with E-state index in [0.717, 1.165) is 31.7 Å². The number of nitrogens with zero attached hydrogens (tertiary/aromatic N) is 4. The van der Waals surface area contributed by atoms with Crippen LogP contribution in [-0.2, 0) is 20.0 Å². The Labute approximate surface area is 118 Å². The molecule has 5 nitrogen and oxygen atoms in total. The number of aliphatic hydroxyl groups excluding tert-OH is 1. The number of pyridine rings is 1. The number of aromatic nitrogens is 3. The van der Waals surface area contributed by atoms with Crippen molar-refractivity contribution < 1.29 is 5.11 Å². The van der Waals surface area contributed by atoms with Crippen molar-refractivity contribution in [3.63, 3.8) is 0 Å². The Morgan fingerprint density at radius 2 is 2.15 bits per heavy atom. The molecule has 0 aromatic carbocycles. The lowest BCUT2D eigenvalue weighted by Crippen LogP contribution is -2.22. The van der Waals surface area contributed by atoms with Crippen LogP contribution in [0.5, 0.6) is 0 Å². The zero-order valence-corrected chi connectivity index (χ0v) is 11.7. The van der Waals surface area contributed by atoms with E-state index in [-0.39, 0.29) is 12.0 Å². The minimum absolute atomic E-state index is 0.262. The topological polar surface area (TPSA) is 54.2 Å². The molecule has 0 amide bonds. The number of aliphatic hydroxyl groups is 1. The summed E-state index contributed by atoms with van der Waals surface area (Å²) in [7, 11) is 1.95. The first kappa shape index (κ1) is 13.3. The van der Waals surface area contributed by atoms with Gasteiger partial charge in [-0.1, -0.05) is 6.07 Å². The van der Waals surface area contributed by atoms with Gasteiger partial charge in [-0.15, -0.1) is 0 Å². The summed E-state index contributed by atoms with van der Waals surface area (Å²) in [5.74, 6) is 0.262. The van der Waals surface area contributed by atoms with Crippen molar-refractivity contribution in [1.82, 2.24) is 19.7 Å². The molecule has 0 bridgehead atoms. The fourth-order valence-electron chi connectivity index (χ4n) is 2.84. The van der Waals surface area contributed by atoms with Crippen LogP contribution in [0.2, 0.25) is 0 Å². The van der Waals surface area contributed by atoms with Gasteiger partial charge < -0.3 is 5.11 Å². The van der Waals surface area contributed by atoms with Crippen molar-refractivity contribution in [1.29, 1.82) is 0 Å². The molecule has 2 aromatic rings. The maximum Gasteiger partial charge on any atom is 0.0711 e. The molecule has 0 aliphatic carbocycles. The van der Waals surface area contributed by atoms with Crippen LogP contribution in [-0.4, -0.2) is 44.0 Å². The monoisotopic (exact) mass is 272 g/mol. The molecule has 106 valence electrons. The van der Waals surface area contributed by atoms with Gasteiger partial charge in [-0.2, -0.15) is 5.10 Å². The van der Waals surface area contributed by atoms with E-state index >= 15 is 0 Å². The normalized spacial score (nSPS) is 23.3. The molecule has 1 aliphatic heterocycles. The van der Waals surface area contributed by atoms with Gasteiger partial charge >= 0.3 is 0 Å². The third kappa shape index (κ3) is 2.89. The number of hydrogen-bond acceptors (Lipinski definition) is 4. The van der Waals surface area contributed by atoms with Gasteiger partial charge in [-0.25, -0.2) is 0 Å². The minimum Gasteiger partial charge on any atom is -0.391 e. The van der Waals surface area contributed by atoms with Crippen molar-refractivity contribution in [2.24, 2.45) is 13.0 Å². The van der Waals surface area contributed by atoms with Gasteiger partial charge in [-0.3, -0.25) is 14.6 Å². The van der Waals surface area contributed by atoms with Crippen molar-refractivity contribution in [2.75, 3.05) is 13.1 Å². The van der Waals surface area contributed by atoms with Gasteiger partial charge in [0.25, 0.3) is 0 Å². The van der Waals surface area contributed by atoms with Crippen LogP contribution in [0.4, 0.5) is 0 Å². The Balaban J connectivity index is 1.61. The molecule has 0 saturated carbocycles. The molecule has 0 spiro atoms. The fraction of sp³-hybridized carbons (Fsp3) is 0.467. The number of hydrogen-bond donors (Lipinski definition) is 1. The van der Waals surface area contributed by atoms with Gasteiger partial charge in [0.1, 0.15) is 0 Å². The summed E-state index contributed by atoms with van der Waals surface area (Å²) < 4.78 is 1.89. The largest absolute Gasteiger partial charge is 0.391 e. The molecule has 3 rings (SSSR count). The fourth-order valence-corrected chi connectivity index (χ4v) is 2.84. The highest BCUT2D eigenvalue weighted by molar-refractivity contribution is 5.07. The Bertz CT molecular complexity index is 554. The third-order valence-electron chi connectivity index (χ3n) is 3.99. The van der Waals surface area contributed by atoms with Crippen LogP contribution >= 0.6 is 0 Å². The number of rotatable bonds is 4. The molecule has 5 heteroatoms. The average molecular weight is 272 g/mol. The maximum atomic E-state index is 10.2. The molecular weight excluding hydrogens is 252 g/mol. The predicted molar refractivity (Wildman–Crippen MR) is 75.9 cm³/mol. The van der Waals surface area contributed by atoms with Gasteiger partial charge in [-0.05, 0) is 24.6 Å². The highest BCUT2D eigenvalue weighted by atomic mass is 16.3. The molecule has 1 aliphatic rings. The lowest BCUT2D eigenvalue weighted by atomic mass is 10.00. The Kier molecular flexibility index (Phi) is 3.80. The van der Waals surface area contributed by atoms with Crippen LogP contribution in [0, 0.1) is 5.92 Å². The maximum absolute atomic E-state index is 10.2. The molecule has 3 heterocycles. The number of aryl methyl sites for hydroxylation is 1. The second kappa shape index (κ2) is 5.73. The van der Waals surface area contributed by atoms with Gasteiger partial charge in [0.05, 0.1) is 11.8 Å². The SMILES string of the molecule is Cn1nccc1CN1C[C@@H](Cc2ccccn2)[C@H](O)C1. The highest BCUT2D eigenvalue weighted by Crippen LogP contribution is 2.22. The first-order valence-corrected chi connectivity index (χ1v) is 6.99. The van der Waals surface area contributed by atoms with Crippen molar-refractivity contribution in [3.05, 3.63) is 48.0 Å². The van der Waals surface area contributed by atoms with Gasteiger partial charge in [0, 0.05) is 50.7 Å². The molecule has 0 radical (unpaired) electrons. The first-order chi connectivity index (χ1) is 9.72. The van der Waals surface area contributed by atoms with E-state index in [1.165, 1.54) is 5.69 Å². The summed E-state index contributed by atoms with van der Waals surface area (Å²) >= 11 is 0. The van der Waals surface area contributed by atoms with E-state index in [2.05, 4.69) is 15.0 Å². The molecular formula is C15H20N4O. The van der Waals surface area contributed by atoms with Crippen molar-refractivity contribution in [3.8, 4) is 0 Å². The predicted octanol–water partition coefficient (Wildman–Crippen LogP) is 0.851. The van der Waals surface area contributed by atoms with E-state index in [4.69, 9.17) is 0 Å². The second-order valence-electron chi connectivity index (χ2n) is 5.49. The van der Waals surface area contributed by atoms with Crippen LogP contribution in [0.1, 0.15) is 11.4 Å². The van der Waals surface area contributed by atoms with Crippen molar-refractivity contribution in [2.45, 2.75) is 19.1 Å². The molecule has 20 heavy (non-hydrogen) atoms. The average Bonchev–Trinajstić information content (AvgIpc) is 2.99. The Morgan fingerprint density at radius 1 is 1.25 bits per heavy atom. The lowest BCUT2D eigenvalue weighted by molar-refractivity contribution is 0.140. The highest BCUT2D eigenvalue weighted by Gasteiger charge is 2.31. The van der Waals surface area contributed by atoms with E-state index in [1.54, 1.807) is 0 Å². The van der Waals surface area contributed by atoms with E-state index in [0.29, 0.717) is 0 Å². The van der Waals surface area contributed by atoms with E-state index < -0.39 is 0 Å². The summed E-state index contributed by atoms with van der Waals surface area (Å²) in [6.45, 7) is 2.47. The Hall–Kier alpha value is -1.72. The summed E-state index contributed by atoms with van der Waals surface area (Å²) in [5.41, 5.74) is 2.23. The quantitative estimate of drug-likeness (QED) is 0.896. The molecule has 1 N–H and O–H groups in total.